The molecule has 0 saturated carbocycles. The van der Waals surface area contributed by atoms with E-state index in [1.165, 1.54) is 11.1 Å². The van der Waals surface area contributed by atoms with Crippen molar-refractivity contribution in [1.82, 2.24) is 9.84 Å². The zero-order valence-electron chi connectivity index (χ0n) is 12.1. The second-order valence-corrected chi connectivity index (χ2v) is 6.86. The second kappa shape index (κ2) is 6.44. The standard InChI is InChI=1S/C17H18N2O2S/c20-22(21,17-9-5-2-6-10-17)18-19-13-11-16(12-14-19)15-7-3-1-4-8-15/h1-11,18H,12-14H2. The summed E-state index contributed by atoms with van der Waals surface area (Å²) in [6.45, 7) is 1.23. The lowest BCUT2D eigenvalue weighted by atomic mass is 10.0. The molecule has 5 heteroatoms. The first kappa shape index (κ1) is 15.0. The lowest BCUT2D eigenvalue weighted by Crippen LogP contribution is -2.44. The van der Waals surface area contributed by atoms with Crippen LogP contribution in [-0.4, -0.2) is 26.5 Å². The summed E-state index contributed by atoms with van der Waals surface area (Å²) in [6.07, 6.45) is 2.90. The summed E-state index contributed by atoms with van der Waals surface area (Å²) in [5, 5.41) is 1.73. The Labute approximate surface area is 131 Å². The predicted octanol–water partition coefficient (Wildman–Crippen LogP) is 2.67. The Balaban J connectivity index is 1.68. The number of sulfonamides is 1. The van der Waals surface area contributed by atoms with E-state index in [0.29, 0.717) is 13.1 Å². The Morgan fingerprint density at radius 2 is 1.55 bits per heavy atom. The normalized spacial score (nSPS) is 16.3. The second-order valence-electron chi connectivity index (χ2n) is 5.20. The molecule has 0 aliphatic carbocycles. The molecule has 0 unspecified atom stereocenters. The highest BCUT2D eigenvalue weighted by molar-refractivity contribution is 7.89. The van der Waals surface area contributed by atoms with Gasteiger partial charge in [0, 0.05) is 13.1 Å². The van der Waals surface area contributed by atoms with Crippen molar-refractivity contribution in [2.75, 3.05) is 13.1 Å². The molecule has 4 nitrogen and oxygen atoms in total. The summed E-state index contributed by atoms with van der Waals surface area (Å²) in [6, 6.07) is 18.6. The van der Waals surface area contributed by atoms with Crippen LogP contribution >= 0.6 is 0 Å². The molecule has 22 heavy (non-hydrogen) atoms. The zero-order chi connectivity index (χ0) is 15.4. The van der Waals surface area contributed by atoms with Gasteiger partial charge in [-0.05, 0) is 29.7 Å². The van der Waals surface area contributed by atoms with Gasteiger partial charge < -0.3 is 0 Å². The molecule has 0 radical (unpaired) electrons. The minimum Gasteiger partial charge on any atom is -0.226 e. The van der Waals surface area contributed by atoms with Gasteiger partial charge in [0.2, 0.25) is 0 Å². The largest absolute Gasteiger partial charge is 0.253 e. The van der Waals surface area contributed by atoms with Crippen molar-refractivity contribution in [3.63, 3.8) is 0 Å². The zero-order valence-corrected chi connectivity index (χ0v) is 13.0. The van der Waals surface area contributed by atoms with Crippen LogP contribution in [0.3, 0.4) is 0 Å². The number of rotatable bonds is 4. The van der Waals surface area contributed by atoms with Gasteiger partial charge in [-0.25, -0.2) is 13.4 Å². The Bertz CT molecular complexity index is 756. The van der Waals surface area contributed by atoms with E-state index in [9.17, 15) is 8.42 Å². The van der Waals surface area contributed by atoms with Gasteiger partial charge >= 0.3 is 0 Å². The molecule has 2 aromatic rings. The molecule has 1 aliphatic heterocycles. The topological polar surface area (TPSA) is 49.4 Å². The summed E-state index contributed by atoms with van der Waals surface area (Å²) < 4.78 is 24.6. The third-order valence-electron chi connectivity index (χ3n) is 3.66. The Kier molecular flexibility index (Phi) is 4.38. The maximum absolute atomic E-state index is 12.3. The summed E-state index contributed by atoms with van der Waals surface area (Å²) in [4.78, 5) is 2.93. The quantitative estimate of drug-likeness (QED) is 0.944. The van der Waals surface area contributed by atoms with Gasteiger partial charge in [0.25, 0.3) is 10.0 Å². The molecule has 1 aliphatic rings. The summed E-state index contributed by atoms with van der Waals surface area (Å²) in [5.74, 6) is 0. The molecule has 0 fully saturated rings. The Hall–Kier alpha value is -1.95. The summed E-state index contributed by atoms with van der Waals surface area (Å²) >= 11 is 0. The number of nitrogens with zero attached hydrogens (tertiary/aromatic N) is 1. The van der Waals surface area contributed by atoms with Crippen LogP contribution in [0.5, 0.6) is 0 Å². The third-order valence-corrected chi connectivity index (χ3v) is 5.05. The molecule has 0 atom stereocenters. The van der Waals surface area contributed by atoms with E-state index in [-0.39, 0.29) is 4.90 Å². The number of hydrogen-bond acceptors (Lipinski definition) is 3. The van der Waals surface area contributed by atoms with Gasteiger partial charge in [-0.1, -0.05) is 54.6 Å². The molecule has 3 rings (SSSR count). The molecule has 0 saturated heterocycles. The van der Waals surface area contributed by atoms with E-state index in [1.807, 2.05) is 18.2 Å². The fraction of sp³-hybridized carbons (Fsp3) is 0.176. The van der Waals surface area contributed by atoms with E-state index in [4.69, 9.17) is 0 Å². The van der Waals surface area contributed by atoms with Crippen LogP contribution in [0.2, 0.25) is 0 Å². The molecule has 0 bridgehead atoms. The summed E-state index contributed by atoms with van der Waals surface area (Å²) in [7, 11) is -3.50. The monoisotopic (exact) mass is 314 g/mol. The van der Waals surface area contributed by atoms with Gasteiger partial charge in [-0.15, -0.1) is 4.83 Å². The van der Waals surface area contributed by atoms with Gasteiger partial charge in [-0.3, -0.25) is 0 Å². The first-order valence-corrected chi connectivity index (χ1v) is 8.70. The Morgan fingerprint density at radius 3 is 2.14 bits per heavy atom. The Morgan fingerprint density at radius 1 is 0.909 bits per heavy atom. The van der Waals surface area contributed by atoms with E-state index in [0.717, 1.165) is 6.42 Å². The molecule has 1 heterocycles. The minimum absolute atomic E-state index is 0.285. The lowest BCUT2D eigenvalue weighted by Gasteiger charge is -2.26. The van der Waals surface area contributed by atoms with Crippen LogP contribution in [0, 0.1) is 0 Å². The van der Waals surface area contributed by atoms with Crippen molar-refractivity contribution in [2.45, 2.75) is 11.3 Å². The van der Waals surface area contributed by atoms with Crippen LogP contribution in [0.4, 0.5) is 0 Å². The smallest absolute Gasteiger partial charge is 0.226 e. The first-order chi connectivity index (χ1) is 10.6. The van der Waals surface area contributed by atoms with Crippen LogP contribution in [-0.2, 0) is 10.0 Å². The average Bonchev–Trinajstić information content (AvgIpc) is 2.57. The minimum atomic E-state index is -3.50. The third kappa shape index (κ3) is 3.44. The first-order valence-electron chi connectivity index (χ1n) is 7.22. The molecule has 1 N–H and O–H groups in total. The van der Waals surface area contributed by atoms with Crippen molar-refractivity contribution in [3.05, 3.63) is 72.3 Å². The SMILES string of the molecule is O=S(=O)(NN1CC=C(c2ccccc2)CC1)c1ccccc1. The van der Waals surface area contributed by atoms with E-state index in [1.54, 1.807) is 35.3 Å². The van der Waals surface area contributed by atoms with Gasteiger partial charge in [-0.2, -0.15) is 0 Å². The van der Waals surface area contributed by atoms with Crippen LogP contribution in [0.25, 0.3) is 5.57 Å². The number of hydrazine groups is 1. The van der Waals surface area contributed by atoms with Crippen molar-refractivity contribution in [3.8, 4) is 0 Å². The number of benzene rings is 2. The molecule has 0 amide bonds. The number of nitrogens with one attached hydrogen (secondary N) is 1. The fourth-order valence-corrected chi connectivity index (χ4v) is 3.62. The molecule has 0 spiro atoms. The fourth-order valence-electron chi connectivity index (χ4n) is 2.49. The van der Waals surface area contributed by atoms with Crippen LogP contribution in [0.1, 0.15) is 12.0 Å². The van der Waals surface area contributed by atoms with Gasteiger partial charge in [0.15, 0.2) is 0 Å². The van der Waals surface area contributed by atoms with E-state index < -0.39 is 10.0 Å². The predicted molar refractivity (Wildman–Crippen MR) is 87.4 cm³/mol. The molecular formula is C17H18N2O2S. The average molecular weight is 314 g/mol. The van der Waals surface area contributed by atoms with Crippen molar-refractivity contribution >= 4 is 15.6 Å². The summed E-state index contributed by atoms with van der Waals surface area (Å²) in [5.41, 5.74) is 2.46. The highest BCUT2D eigenvalue weighted by Crippen LogP contribution is 2.21. The van der Waals surface area contributed by atoms with Crippen molar-refractivity contribution in [1.29, 1.82) is 0 Å². The lowest BCUT2D eigenvalue weighted by molar-refractivity contribution is 0.266. The molecule has 2 aromatic carbocycles. The van der Waals surface area contributed by atoms with Crippen LogP contribution in [0.15, 0.2) is 71.6 Å². The van der Waals surface area contributed by atoms with Crippen LogP contribution < -0.4 is 4.83 Å². The highest BCUT2D eigenvalue weighted by Gasteiger charge is 2.20. The maximum atomic E-state index is 12.3. The highest BCUT2D eigenvalue weighted by atomic mass is 32.2. The van der Waals surface area contributed by atoms with Gasteiger partial charge in [0.05, 0.1) is 4.90 Å². The van der Waals surface area contributed by atoms with E-state index in [2.05, 4.69) is 23.0 Å². The molecule has 114 valence electrons. The number of hydrogen-bond donors (Lipinski definition) is 1. The van der Waals surface area contributed by atoms with Crippen molar-refractivity contribution < 1.29 is 8.42 Å². The molecule has 0 aromatic heterocycles. The molecular weight excluding hydrogens is 296 g/mol. The van der Waals surface area contributed by atoms with Gasteiger partial charge in [0.1, 0.15) is 0 Å². The maximum Gasteiger partial charge on any atom is 0.253 e. The van der Waals surface area contributed by atoms with E-state index >= 15 is 0 Å². The van der Waals surface area contributed by atoms with Crippen molar-refractivity contribution in [2.24, 2.45) is 0 Å².